The second kappa shape index (κ2) is 8.34. The first-order chi connectivity index (χ1) is 11.0. The van der Waals surface area contributed by atoms with E-state index in [0.29, 0.717) is 0 Å². The monoisotopic (exact) mass is 318 g/mol. The standard InChI is InChI=1S/C19H30N2O2/c1-14(8-7-13-21(2)3)19(22)20-16-11-5-9-15-10-6-12-17(23-4)18(15)16/h6,10,12,14,16H,5,7-9,11,13H2,1-4H3,(H,20,22). The average molecular weight is 318 g/mol. The summed E-state index contributed by atoms with van der Waals surface area (Å²) in [4.78, 5) is 14.7. The number of aryl methyl sites for hydroxylation is 1. The van der Waals surface area contributed by atoms with Crippen molar-refractivity contribution in [3.05, 3.63) is 29.3 Å². The van der Waals surface area contributed by atoms with Crippen molar-refractivity contribution in [2.45, 2.75) is 45.1 Å². The van der Waals surface area contributed by atoms with Crippen LogP contribution in [0.4, 0.5) is 0 Å². The Hall–Kier alpha value is -1.55. The summed E-state index contributed by atoms with van der Waals surface area (Å²) in [5.41, 5.74) is 2.48. The van der Waals surface area contributed by atoms with Crippen LogP contribution in [-0.2, 0) is 11.2 Å². The van der Waals surface area contributed by atoms with Crippen molar-refractivity contribution < 1.29 is 9.53 Å². The van der Waals surface area contributed by atoms with E-state index < -0.39 is 0 Å². The second-order valence-electron chi connectivity index (χ2n) is 6.83. The van der Waals surface area contributed by atoms with Gasteiger partial charge in [0, 0.05) is 11.5 Å². The quantitative estimate of drug-likeness (QED) is 0.839. The van der Waals surface area contributed by atoms with Crippen LogP contribution in [0.2, 0.25) is 0 Å². The SMILES string of the molecule is COc1cccc2c1C(NC(=O)C(C)CCCN(C)C)CCC2. The minimum absolute atomic E-state index is 0.0510. The van der Waals surface area contributed by atoms with Crippen LogP contribution in [0.3, 0.4) is 0 Å². The van der Waals surface area contributed by atoms with Gasteiger partial charge >= 0.3 is 0 Å². The van der Waals surface area contributed by atoms with E-state index in [1.54, 1.807) is 7.11 Å². The van der Waals surface area contributed by atoms with Gasteiger partial charge in [0.1, 0.15) is 5.75 Å². The Bertz CT molecular complexity index is 514. The third-order valence-electron chi connectivity index (χ3n) is 4.67. The van der Waals surface area contributed by atoms with Gasteiger partial charge < -0.3 is 15.0 Å². The smallest absolute Gasteiger partial charge is 0.223 e. The molecule has 1 aliphatic rings. The molecule has 1 N–H and O–H groups in total. The van der Waals surface area contributed by atoms with Crippen molar-refractivity contribution in [3.63, 3.8) is 0 Å². The number of benzene rings is 1. The number of fused-ring (bicyclic) bond motifs is 1. The number of hydrogen-bond donors (Lipinski definition) is 1. The van der Waals surface area contributed by atoms with E-state index in [1.807, 2.05) is 19.1 Å². The highest BCUT2D eigenvalue weighted by atomic mass is 16.5. The molecule has 2 rings (SSSR count). The van der Waals surface area contributed by atoms with Crippen molar-refractivity contribution >= 4 is 5.91 Å². The van der Waals surface area contributed by atoms with E-state index in [-0.39, 0.29) is 17.9 Å². The maximum Gasteiger partial charge on any atom is 0.223 e. The van der Waals surface area contributed by atoms with Gasteiger partial charge in [-0.25, -0.2) is 0 Å². The molecule has 2 atom stereocenters. The summed E-state index contributed by atoms with van der Waals surface area (Å²) >= 11 is 0. The largest absolute Gasteiger partial charge is 0.496 e. The van der Waals surface area contributed by atoms with Gasteiger partial charge in [0.25, 0.3) is 0 Å². The summed E-state index contributed by atoms with van der Waals surface area (Å²) < 4.78 is 5.52. The molecule has 0 radical (unpaired) electrons. The first-order valence-corrected chi connectivity index (χ1v) is 8.63. The minimum atomic E-state index is 0.0510. The molecule has 128 valence electrons. The number of carbonyl (C=O) groups excluding carboxylic acids is 1. The Morgan fingerprint density at radius 3 is 2.91 bits per heavy atom. The molecule has 1 aromatic carbocycles. The summed E-state index contributed by atoms with van der Waals surface area (Å²) in [6.07, 6.45) is 5.14. The molecule has 0 aromatic heterocycles. The van der Waals surface area contributed by atoms with Gasteiger partial charge in [-0.1, -0.05) is 19.1 Å². The molecule has 1 aliphatic carbocycles. The Morgan fingerprint density at radius 2 is 2.22 bits per heavy atom. The lowest BCUT2D eigenvalue weighted by molar-refractivity contribution is -0.125. The first-order valence-electron chi connectivity index (χ1n) is 8.63. The number of hydrogen-bond acceptors (Lipinski definition) is 3. The van der Waals surface area contributed by atoms with E-state index in [0.717, 1.165) is 44.4 Å². The zero-order valence-corrected chi connectivity index (χ0v) is 14.9. The summed E-state index contributed by atoms with van der Waals surface area (Å²) in [7, 11) is 5.83. The lowest BCUT2D eigenvalue weighted by Crippen LogP contribution is -2.35. The fourth-order valence-electron chi connectivity index (χ4n) is 3.33. The van der Waals surface area contributed by atoms with Crippen molar-refractivity contribution in [3.8, 4) is 5.75 Å². The van der Waals surface area contributed by atoms with Crippen LogP contribution < -0.4 is 10.1 Å². The Morgan fingerprint density at radius 1 is 1.43 bits per heavy atom. The van der Waals surface area contributed by atoms with Crippen molar-refractivity contribution in [1.29, 1.82) is 0 Å². The van der Waals surface area contributed by atoms with Crippen LogP contribution in [-0.4, -0.2) is 38.6 Å². The number of ether oxygens (including phenoxy) is 1. The Labute approximate surface area is 140 Å². The van der Waals surface area contributed by atoms with Crippen LogP contribution >= 0.6 is 0 Å². The Balaban J connectivity index is 2.00. The van der Waals surface area contributed by atoms with Crippen LogP contribution in [0, 0.1) is 5.92 Å². The summed E-state index contributed by atoms with van der Waals surface area (Å²) in [5.74, 6) is 1.11. The Kier molecular flexibility index (Phi) is 6.46. The van der Waals surface area contributed by atoms with Gasteiger partial charge in [-0.05, 0) is 64.4 Å². The summed E-state index contributed by atoms with van der Waals surface area (Å²) in [6, 6.07) is 6.25. The first kappa shape index (κ1) is 17.8. The van der Waals surface area contributed by atoms with Gasteiger partial charge in [-0.15, -0.1) is 0 Å². The predicted octanol–water partition coefficient (Wildman–Crippen LogP) is 3.17. The fourth-order valence-corrected chi connectivity index (χ4v) is 3.33. The highest BCUT2D eigenvalue weighted by molar-refractivity contribution is 5.79. The highest BCUT2D eigenvalue weighted by Crippen LogP contribution is 2.36. The number of nitrogens with one attached hydrogen (secondary N) is 1. The van der Waals surface area contributed by atoms with Crippen LogP contribution in [0.15, 0.2) is 18.2 Å². The second-order valence-corrected chi connectivity index (χ2v) is 6.83. The van der Waals surface area contributed by atoms with Crippen LogP contribution in [0.25, 0.3) is 0 Å². The number of carbonyl (C=O) groups is 1. The van der Waals surface area contributed by atoms with E-state index in [4.69, 9.17) is 4.74 Å². The van der Waals surface area contributed by atoms with Crippen molar-refractivity contribution in [2.75, 3.05) is 27.7 Å². The van der Waals surface area contributed by atoms with Crippen LogP contribution in [0.5, 0.6) is 5.75 Å². The number of methoxy groups -OCH3 is 1. The third kappa shape index (κ3) is 4.71. The molecular formula is C19H30N2O2. The molecule has 1 aromatic rings. The topological polar surface area (TPSA) is 41.6 Å². The van der Waals surface area contributed by atoms with Gasteiger partial charge in [0.05, 0.1) is 13.2 Å². The molecule has 0 bridgehead atoms. The maximum absolute atomic E-state index is 12.5. The maximum atomic E-state index is 12.5. The zero-order chi connectivity index (χ0) is 16.8. The van der Waals surface area contributed by atoms with E-state index in [9.17, 15) is 4.79 Å². The molecule has 4 nitrogen and oxygen atoms in total. The molecule has 2 unspecified atom stereocenters. The molecule has 4 heteroatoms. The van der Waals surface area contributed by atoms with E-state index >= 15 is 0 Å². The van der Waals surface area contributed by atoms with Gasteiger partial charge in [-0.2, -0.15) is 0 Å². The summed E-state index contributed by atoms with van der Waals surface area (Å²) in [6.45, 7) is 3.05. The minimum Gasteiger partial charge on any atom is -0.496 e. The van der Waals surface area contributed by atoms with E-state index in [2.05, 4.69) is 30.4 Å². The normalized spacial score (nSPS) is 18.4. The number of nitrogens with zero attached hydrogens (tertiary/aromatic N) is 1. The third-order valence-corrected chi connectivity index (χ3v) is 4.67. The highest BCUT2D eigenvalue weighted by Gasteiger charge is 2.26. The molecule has 0 saturated carbocycles. The molecule has 0 aliphatic heterocycles. The molecule has 0 saturated heterocycles. The molecule has 23 heavy (non-hydrogen) atoms. The molecule has 1 amide bonds. The van der Waals surface area contributed by atoms with Crippen molar-refractivity contribution in [1.82, 2.24) is 10.2 Å². The molecule has 0 spiro atoms. The molecule has 0 fully saturated rings. The average Bonchev–Trinajstić information content (AvgIpc) is 2.53. The fraction of sp³-hybridized carbons (Fsp3) is 0.632. The lowest BCUT2D eigenvalue weighted by atomic mass is 9.86. The lowest BCUT2D eigenvalue weighted by Gasteiger charge is -2.29. The van der Waals surface area contributed by atoms with Gasteiger partial charge in [-0.3, -0.25) is 4.79 Å². The molecule has 0 heterocycles. The molecular weight excluding hydrogens is 288 g/mol. The van der Waals surface area contributed by atoms with E-state index in [1.165, 1.54) is 11.1 Å². The number of rotatable bonds is 7. The predicted molar refractivity (Wildman–Crippen MR) is 93.8 cm³/mol. The van der Waals surface area contributed by atoms with Crippen molar-refractivity contribution in [2.24, 2.45) is 5.92 Å². The van der Waals surface area contributed by atoms with Gasteiger partial charge in [0.2, 0.25) is 5.91 Å². The van der Waals surface area contributed by atoms with Gasteiger partial charge in [0.15, 0.2) is 0 Å². The van der Waals surface area contributed by atoms with Crippen LogP contribution in [0.1, 0.15) is 49.8 Å². The number of amides is 1. The zero-order valence-electron chi connectivity index (χ0n) is 14.9. The summed E-state index contributed by atoms with van der Waals surface area (Å²) in [5, 5.41) is 3.26.